The fraction of sp³-hybridized carbons (Fsp3) is 0.0952. The van der Waals surface area contributed by atoms with Gasteiger partial charge < -0.3 is 10.5 Å². The molecule has 6 nitrogen and oxygen atoms in total. The van der Waals surface area contributed by atoms with E-state index in [4.69, 9.17) is 10.5 Å². The van der Waals surface area contributed by atoms with E-state index in [0.29, 0.717) is 17.7 Å². The van der Waals surface area contributed by atoms with E-state index >= 15 is 0 Å². The number of nitrogens with one attached hydrogen (secondary N) is 1. The normalized spacial score (nSPS) is 16.1. The summed E-state index contributed by atoms with van der Waals surface area (Å²) in [5, 5.41) is 6.31. The Balaban J connectivity index is 1.70. The van der Waals surface area contributed by atoms with Crippen molar-refractivity contribution in [3.8, 4) is 0 Å². The topological polar surface area (TPSA) is 93.8 Å². The number of urea groups is 1. The Morgan fingerprint density at radius 2 is 1.78 bits per heavy atom. The molecular formula is C21H17N3O3. The summed E-state index contributed by atoms with van der Waals surface area (Å²) in [6.45, 7) is 0. The maximum atomic E-state index is 12.1. The van der Waals surface area contributed by atoms with Crippen LogP contribution in [-0.4, -0.2) is 17.7 Å². The van der Waals surface area contributed by atoms with Crippen LogP contribution in [-0.2, 0) is 4.74 Å². The number of rotatable bonds is 4. The molecule has 1 atom stereocenters. The summed E-state index contributed by atoms with van der Waals surface area (Å²) in [6.07, 6.45) is -0.143. The largest absolute Gasteiger partial charge is 0.453 e. The lowest BCUT2D eigenvalue weighted by molar-refractivity contribution is 0.0400. The summed E-state index contributed by atoms with van der Waals surface area (Å²) >= 11 is 0. The van der Waals surface area contributed by atoms with Crippen molar-refractivity contribution in [2.75, 3.05) is 0 Å². The smallest absolute Gasteiger partial charge is 0.339 e. The molecule has 0 bridgehead atoms. The number of hydrazone groups is 1. The van der Waals surface area contributed by atoms with Gasteiger partial charge in [-0.25, -0.2) is 15.0 Å². The van der Waals surface area contributed by atoms with Crippen LogP contribution in [0.15, 0.2) is 71.8 Å². The number of fused-ring (bicyclic) bond motifs is 2. The number of ether oxygens (including phenoxy) is 1. The van der Waals surface area contributed by atoms with Crippen molar-refractivity contribution in [2.45, 2.75) is 12.5 Å². The number of carbonyl (C=O) groups is 2. The molecule has 0 radical (unpaired) electrons. The summed E-state index contributed by atoms with van der Waals surface area (Å²) in [4.78, 5) is 23.2. The van der Waals surface area contributed by atoms with Gasteiger partial charge in [0.25, 0.3) is 0 Å². The first-order chi connectivity index (χ1) is 13.1. The molecule has 1 aliphatic rings. The van der Waals surface area contributed by atoms with E-state index in [-0.39, 0.29) is 5.97 Å². The van der Waals surface area contributed by atoms with Crippen LogP contribution in [0.5, 0.6) is 0 Å². The summed E-state index contributed by atoms with van der Waals surface area (Å²) in [6, 6.07) is 20.4. The van der Waals surface area contributed by atoms with Gasteiger partial charge in [0.15, 0.2) is 0 Å². The van der Waals surface area contributed by atoms with Crippen molar-refractivity contribution >= 4 is 28.5 Å². The van der Waals surface area contributed by atoms with E-state index in [0.717, 1.165) is 21.9 Å². The van der Waals surface area contributed by atoms with Gasteiger partial charge in [-0.1, -0.05) is 54.6 Å². The van der Waals surface area contributed by atoms with Crippen molar-refractivity contribution in [2.24, 2.45) is 10.8 Å². The third-order valence-corrected chi connectivity index (χ3v) is 4.54. The molecule has 0 aromatic heterocycles. The molecule has 1 unspecified atom stereocenters. The number of amides is 2. The second kappa shape index (κ2) is 6.92. The Morgan fingerprint density at radius 1 is 1.04 bits per heavy atom. The minimum atomic E-state index is -0.753. The van der Waals surface area contributed by atoms with Gasteiger partial charge in [0, 0.05) is 12.0 Å². The maximum absolute atomic E-state index is 12.1. The van der Waals surface area contributed by atoms with Crippen LogP contribution in [0.3, 0.4) is 0 Å². The molecule has 6 heteroatoms. The standard InChI is InChI=1S/C21H17N3O3/c22-21(26)24-23-18(15-10-9-13-5-1-2-6-14(13)11-15)12-19-16-7-3-4-8-17(16)20(25)27-19/h1-11,19H,12H2,(H3,22,24,26)/b23-18+. The van der Waals surface area contributed by atoms with Crippen molar-refractivity contribution < 1.29 is 14.3 Å². The van der Waals surface area contributed by atoms with Crippen molar-refractivity contribution in [1.29, 1.82) is 0 Å². The number of carbonyl (C=O) groups excluding carboxylic acids is 2. The predicted molar refractivity (Wildman–Crippen MR) is 102 cm³/mol. The molecule has 3 aromatic carbocycles. The summed E-state index contributed by atoms with van der Waals surface area (Å²) in [5.41, 5.74) is 10.2. The highest BCUT2D eigenvalue weighted by molar-refractivity contribution is 6.05. The Hall–Kier alpha value is -3.67. The first kappa shape index (κ1) is 16.8. The highest BCUT2D eigenvalue weighted by atomic mass is 16.5. The van der Waals surface area contributed by atoms with Crippen molar-refractivity contribution in [3.05, 3.63) is 83.4 Å². The van der Waals surface area contributed by atoms with Crippen LogP contribution in [0, 0.1) is 0 Å². The Morgan fingerprint density at radius 3 is 2.59 bits per heavy atom. The number of nitrogens with two attached hydrogens (primary N) is 1. The fourth-order valence-electron chi connectivity index (χ4n) is 3.27. The number of hydrogen-bond donors (Lipinski definition) is 2. The summed E-state index contributed by atoms with van der Waals surface area (Å²) < 4.78 is 5.51. The van der Waals surface area contributed by atoms with Crippen LogP contribution in [0.1, 0.15) is 34.0 Å². The van der Waals surface area contributed by atoms with Gasteiger partial charge in [-0.15, -0.1) is 0 Å². The van der Waals surface area contributed by atoms with Gasteiger partial charge in [-0.3, -0.25) is 0 Å². The first-order valence-electron chi connectivity index (χ1n) is 8.53. The molecule has 0 spiro atoms. The molecule has 1 heterocycles. The third-order valence-electron chi connectivity index (χ3n) is 4.54. The molecule has 0 fully saturated rings. The van der Waals surface area contributed by atoms with E-state index in [1.54, 1.807) is 12.1 Å². The molecule has 3 N–H and O–H groups in total. The van der Waals surface area contributed by atoms with E-state index in [1.807, 2.05) is 54.6 Å². The zero-order valence-electron chi connectivity index (χ0n) is 14.4. The summed E-state index contributed by atoms with van der Waals surface area (Å²) in [5.74, 6) is -0.351. The molecule has 27 heavy (non-hydrogen) atoms. The average Bonchev–Trinajstić information content (AvgIpc) is 3.00. The van der Waals surface area contributed by atoms with E-state index < -0.39 is 12.1 Å². The van der Waals surface area contributed by atoms with E-state index in [2.05, 4.69) is 10.5 Å². The second-order valence-corrected chi connectivity index (χ2v) is 6.28. The summed E-state index contributed by atoms with van der Waals surface area (Å²) in [7, 11) is 0. The quantitative estimate of drug-likeness (QED) is 0.424. The Bertz CT molecular complexity index is 1070. The van der Waals surface area contributed by atoms with Gasteiger partial charge in [-0.05, 0) is 28.5 Å². The zero-order chi connectivity index (χ0) is 18.8. The number of primary amides is 1. The molecular weight excluding hydrogens is 342 g/mol. The van der Waals surface area contributed by atoms with Crippen LogP contribution in [0.4, 0.5) is 4.79 Å². The van der Waals surface area contributed by atoms with Crippen LogP contribution >= 0.6 is 0 Å². The Kier molecular flexibility index (Phi) is 4.30. The van der Waals surface area contributed by atoms with Crippen molar-refractivity contribution in [1.82, 2.24) is 5.43 Å². The number of cyclic esters (lactones) is 1. The molecule has 3 aromatic rings. The highest BCUT2D eigenvalue weighted by Crippen LogP contribution is 2.34. The fourth-order valence-corrected chi connectivity index (χ4v) is 3.27. The van der Waals surface area contributed by atoms with Gasteiger partial charge in [0.1, 0.15) is 6.10 Å². The van der Waals surface area contributed by atoms with Gasteiger partial charge in [0.2, 0.25) is 0 Å². The average molecular weight is 359 g/mol. The monoisotopic (exact) mass is 359 g/mol. The van der Waals surface area contributed by atoms with Gasteiger partial charge in [-0.2, -0.15) is 5.10 Å². The molecule has 4 rings (SSSR count). The van der Waals surface area contributed by atoms with Gasteiger partial charge in [0.05, 0.1) is 11.3 Å². The van der Waals surface area contributed by atoms with Crippen LogP contribution in [0.2, 0.25) is 0 Å². The van der Waals surface area contributed by atoms with Crippen molar-refractivity contribution in [3.63, 3.8) is 0 Å². The molecule has 0 saturated carbocycles. The highest BCUT2D eigenvalue weighted by Gasteiger charge is 2.31. The molecule has 134 valence electrons. The molecule has 0 aliphatic carbocycles. The zero-order valence-corrected chi connectivity index (χ0v) is 14.4. The number of esters is 1. The maximum Gasteiger partial charge on any atom is 0.339 e. The third kappa shape index (κ3) is 3.37. The first-order valence-corrected chi connectivity index (χ1v) is 8.53. The minimum absolute atomic E-state index is 0.321. The number of nitrogens with zero attached hydrogens (tertiary/aromatic N) is 1. The lowest BCUT2D eigenvalue weighted by atomic mass is 9.96. The Labute approximate surface area is 155 Å². The number of benzene rings is 3. The van der Waals surface area contributed by atoms with Gasteiger partial charge >= 0.3 is 12.0 Å². The van der Waals surface area contributed by atoms with Crippen LogP contribution < -0.4 is 11.2 Å². The second-order valence-electron chi connectivity index (χ2n) is 6.28. The molecule has 2 amide bonds. The minimum Gasteiger partial charge on any atom is -0.453 e. The molecule has 1 aliphatic heterocycles. The SMILES string of the molecule is NC(=O)N/N=C(\CC1OC(=O)c2ccccc21)c1ccc2ccccc2c1. The predicted octanol–water partition coefficient (Wildman–Crippen LogP) is 3.51. The van der Waals surface area contributed by atoms with Crippen LogP contribution in [0.25, 0.3) is 10.8 Å². The van der Waals surface area contributed by atoms with E-state index in [1.165, 1.54) is 0 Å². The molecule has 0 saturated heterocycles. The lowest BCUT2D eigenvalue weighted by Crippen LogP contribution is -2.26. The lowest BCUT2D eigenvalue weighted by Gasteiger charge is -2.14. The number of hydrogen-bond acceptors (Lipinski definition) is 4. The van der Waals surface area contributed by atoms with E-state index in [9.17, 15) is 9.59 Å².